The molecule has 5 heteroatoms. The van der Waals surface area contributed by atoms with Crippen LogP contribution in [0.1, 0.15) is 46.0 Å². The average Bonchev–Trinajstić information content (AvgIpc) is 2.77. The van der Waals surface area contributed by atoms with E-state index in [2.05, 4.69) is 17.6 Å². The zero-order chi connectivity index (χ0) is 14.3. The highest BCUT2D eigenvalue weighted by atomic mass is 16.4. The topological polar surface area (TPSA) is 78.4 Å². The van der Waals surface area contributed by atoms with Crippen LogP contribution in [0.15, 0.2) is 0 Å². The first-order valence-electron chi connectivity index (χ1n) is 7.20. The summed E-state index contributed by atoms with van der Waals surface area (Å²) in [6.45, 7) is 5.48. The fourth-order valence-electron chi connectivity index (χ4n) is 2.55. The van der Waals surface area contributed by atoms with E-state index >= 15 is 0 Å². The zero-order valence-corrected chi connectivity index (χ0v) is 11.9. The fourth-order valence-corrected chi connectivity index (χ4v) is 2.55. The van der Waals surface area contributed by atoms with E-state index in [0.29, 0.717) is 18.9 Å². The van der Waals surface area contributed by atoms with Crippen molar-refractivity contribution < 1.29 is 14.7 Å². The number of rotatable bonds is 7. The molecule has 0 aromatic heterocycles. The second-order valence-corrected chi connectivity index (χ2v) is 5.91. The van der Waals surface area contributed by atoms with Gasteiger partial charge in [0.2, 0.25) is 0 Å². The molecule has 1 fully saturated rings. The molecule has 3 unspecified atom stereocenters. The predicted molar refractivity (Wildman–Crippen MR) is 73.9 cm³/mol. The first-order valence-corrected chi connectivity index (χ1v) is 7.20. The number of hydrogen-bond acceptors (Lipinski definition) is 2. The van der Waals surface area contributed by atoms with Gasteiger partial charge in [0.15, 0.2) is 0 Å². The molecule has 0 aromatic rings. The first kappa shape index (κ1) is 15.8. The van der Waals surface area contributed by atoms with Gasteiger partial charge >= 0.3 is 12.0 Å². The summed E-state index contributed by atoms with van der Waals surface area (Å²) in [6, 6.07) is -0.137. The molecule has 1 aliphatic rings. The lowest BCUT2D eigenvalue weighted by molar-refractivity contribution is -0.137. The van der Waals surface area contributed by atoms with Gasteiger partial charge in [0.1, 0.15) is 0 Å². The standard InChI is InChI=1S/C14H26N2O3/c1-10-3-5-12(7-10)9-16-14(19)15-8-11(2)4-6-13(17)18/h10-12H,3-9H2,1-2H3,(H,17,18)(H2,15,16,19). The number of urea groups is 1. The molecule has 0 radical (unpaired) electrons. The van der Waals surface area contributed by atoms with Crippen LogP contribution in [0, 0.1) is 17.8 Å². The maximum Gasteiger partial charge on any atom is 0.314 e. The van der Waals surface area contributed by atoms with Crippen molar-refractivity contribution in [3.63, 3.8) is 0 Å². The molecule has 0 spiro atoms. The number of amides is 2. The van der Waals surface area contributed by atoms with Crippen LogP contribution in [-0.4, -0.2) is 30.2 Å². The molecule has 0 aliphatic heterocycles. The Balaban J connectivity index is 2.05. The van der Waals surface area contributed by atoms with Gasteiger partial charge in [0.25, 0.3) is 0 Å². The van der Waals surface area contributed by atoms with E-state index < -0.39 is 5.97 Å². The Hall–Kier alpha value is -1.26. The van der Waals surface area contributed by atoms with E-state index in [1.165, 1.54) is 19.3 Å². The van der Waals surface area contributed by atoms with E-state index in [1.54, 1.807) is 0 Å². The smallest absolute Gasteiger partial charge is 0.314 e. The summed E-state index contributed by atoms with van der Waals surface area (Å²) in [4.78, 5) is 22.0. The molecule has 5 nitrogen and oxygen atoms in total. The number of carbonyl (C=O) groups is 2. The van der Waals surface area contributed by atoms with Crippen LogP contribution < -0.4 is 10.6 Å². The van der Waals surface area contributed by atoms with E-state index in [-0.39, 0.29) is 18.4 Å². The second kappa shape index (κ2) is 8.02. The summed E-state index contributed by atoms with van der Waals surface area (Å²) in [6.07, 6.45) is 4.42. The van der Waals surface area contributed by atoms with Crippen molar-refractivity contribution in [2.24, 2.45) is 17.8 Å². The largest absolute Gasteiger partial charge is 0.481 e. The van der Waals surface area contributed by atoms with Crippen LogP contribution in [-0.2, 0) is 4.79 Å². The molecule has 0 heterocycles. The lowest BCUT2D eigenvalue weighted by atomic mass is 10.1. The minimum atomic E-state index is -0.786. The second-order valence-electron chi connectivity index (χ2n) is 5.91. The summed E-state index contributed by atoms with van der Waals surface area (Å²) in [7, 11) is 0. The van der Waals surface area contributed by atoms with Crippen molar-refractivity contribution in [1.82, 2.24) is 10.6 Å². The minimum Gasteiger partial charge on any atom is -0.481 e. The Kier molecular flexibility index (Phi) is 6.67. The third kappa shape index (κ3) is 7.03. The van der Waals surface area contributed by atoms with Gasteiger partial charge in [-0.1, -0.05) is 20.3 Å². The Labute approximate surface area is 115 Å². The molecular weight excluding hydrogens is 244 g/mol. The molecule has 19 heavy (non-hydrogen) atoms. The van der Waals surface area contributed by atoms with E-state index in [0.717, 1.165) is 12.5 Å². The third-order valence-corrected chi connectivity index (χ3v) is 3.82. The summed E-state index contributed by atoms with van der Waals surface area (Å²) < 4.78 is 0. The quantitative estimate of drug-likeness (QED) is 0.663. The summed E-state index contributed by atoms with van der Waals surface area (Å²) >= 11 is 0. The van der Waals surface area contributed by atoms with Crippen molar-refractivity contribution in [3.05, 3.63) is 0 Å². The van der Waals surface area contributed by atoms with Crippen molar-refractivity contribution in [3.8, 4) is 0 Å². The zero-order valence-electron chi connectivity index (χ0n) is 11.9. The Morgan fingerprint density at radius 3 is 2.63 bits per heavy atom. The molecule has 3 atom stereocenters. The Bertz CT molecular complexity index is 307. The van der Waals surface area contributed by atoms with E-state index in [4.69, 9.17) is 5.11 Å². The van der Waals surface area contributed by atoms with Crippen LogP contribution in [0.4, 0.5) is 4.79 Å². The lowest BCUT2D eigenvalue weighted by Crippen LogP contribution is -2.39. The predicted octanol–water partition coefficient (Wildman–Crippen LogP) is 2.22. The van der Waals surface area contributed by atoms with Gasteiger partial charge in [0.05, 0.1) is 0 Å². The van der Waals surface area contributed by atoms with Crippen LogP contribution in [0.3, 0.4) is 0 Å². The number of carboxylic acids is 1. The highest BCUT2D eigenvalue weighted by Crippen LogP contribution is 2.29. The molecule has 0 saturated heterocycles. The van der Waals surface area contributed by atoms with Crippen LogP contribution in [0.25, 0.3) is 0 Å². The third-order valence-electron chi connectivity index (χ3n) is 3.82. The van der Waals surface area contributed by atoms with Crippen molar-refractivity contribution in [2.45, 2.75) is 46.0 Å². The lowest BCUT2D eigenvalue weighted by Gasteiger charge is -2.14. The van der Waals surface area contributed by atoms with E-state index in [9.17, 15) is 9.59 Å². The van der Waals surface area contributed by atoms with E-state index in [1.807, 2.05) is 6.92 Å². The molecule has 0 bridgehead atoms. The Morgan fingerprint density at radius 2 is 2.05 bits per heavy atom. The first-order chi connectivity index (χ1) is 8.97. The van der Waals surface area contributed by atoms with Gasteiger partial charge in [-0.3, -0.25) is 4.79 Å². The minimum absolute atomic E-state index is 0.137. The molecule has 1 rings (SSSR count). The molecule has 1 aliphatic carbocycles. The van der Waals surface area contributed by atoms with Gasteiger partial charge in [-0.2, -0.15) is 0 Å². The number of carboxylic acid groups (broad SMARTS) is 1. The van der Waals surface area contributed by atoms with Gasteiger partial charge in [-0.25, -0.2) is 4.79 Å². The maximum atomic E-state index is 11.6. The molecule has 110 valence electrons. The van der Waals surface area contributed by atoms with Gasteiger partial charge in [-0.05, 0) is 37.0 Å². The van der Waals surface area contributed by atoms with Crippen molar-refractivity contribution in [1.29, 1.82) is 0 Å². The molecule has 3 N–H and O–H groups in total. The highest BCUT2D eigenvalue weighted by molar-refractivity contribution is 5.73. The fraction of sp³-hybridized carbons (Fsp3) is 0.857. The molecule has 1 saturated carbocycles. The van der Waals surface area contributed by atoms with Gasteiger partial charge in [0, 0.05) is 19.5 Å². The van der Waals surface area contributed by atoms with Crippen LogP contribution >= 0.6 is 0 Å². The summed E-state index contributed by atoms with van der Waals surface area (Å²) in [5, 5.41) is 14.3. The normalized spacial score (nSPS) is 23.9. The molecule has 0 aromatic carbocycles. The van der Waals surface area contributed by atoms with Crippen molar-refractivity contribution in [2.75, 3.05) is 13.1 Å². The van der Waals surface area contributed by atoms with Gasteiger partial charge in [-0.15, -0.1) is 0 Å². The maximum absolute atomic E-state index is 11.6. The molecule has 2 amide bonds. The Morgan fingerprint density at radius 1 is 1.32 bits per heavy atom. The van der Waals surface area contributed by atoms with Gasteiger partial charge < -0.3 is 15.7 Å². The summed E-state index contributed by atoms with van der Waals surface area (Å²) in [5.41, 5.74) is 0. The SMILES string of the molecule is CC(CCC(=O)O)CNC(=O)NCC1CCC(C)C1. The summed E-state index contributed by atoms with van der Waals surface area (Å²) in [5.74, 6) is 0.802. The number of aliphatic carboxylic acids is 1. The van der Waals surface area contributed by atoms with Crippen LogP contribution in [0.5, 0.6) is 0 Å². The highest BCUT2D eigenvalue weighted by Gasteiger charge is 2.21. The average molecular weight is 270 g/mol. The molecular formula is C14H26N2O3. The number of nitrogens with one attached hydrogen (secondary N) is 2. The number of hydrogen-bond donors (Lipinski definition) is 3. The monoisotopic (exact) mass is 270 g/mol. The van der Waals surface area contributed by atoms with Crippen LogP contribution in [0.2, 0.25) is 0 Å². The van der Waals surface area contributed by atoms with Crippen molar-refractivity contribution >= 4 is 12.0 Å². The number of carbonyl (C=O) groups excluding carboxylic acids is 1.